The Hall–Kier alpha value is -2.84. The van der Waals surface area contributed by atoms with E-state index in [0.717, 1.165) is 50.5 Å². The van der Waals surface area contributed by atoms with E-state index in [1.807, 2.05) is 47.4 Å². The Labute approximate surface area is 154 Å². The summed E-state index contributed by atoms with van der Waals surface area (Å²) in [6, 6.07) is 18.2. The van der Waals surface area contributed by atoms with Gasteiger partial charge in [0.05, 0.1) is 17.8 Å². The van der Waals surface area contributed by atoms with E-state index >= 15 is 0 Å². The number of carbonyl (C=O) groups excluding carboxylic acids is 1. The molecule has 2 aliphatic heterocycles. The van der Waals surface area contributed by atoms with E-state index in [2.05, 4.69) is 21.9 Å². The average molecular weight is 346 g/mol. The molecule has 5 heteroatoms. The summed E-state index contributed by atoms with van der Waals surface area (Å²) in [5.74, 6) is 0.181. The number of amides is 1. The second-order valence-electron chi connectivity index (χ2n) is 6.82. The van der Waals surface area contributed by atoms with Crippen LogP contribution in [0.2, 0.25) is 0 Å². The Kier molecular flexibility index (Phi) is 4.59. The van der Waals surface area contributed by atoms with Crippen LogP contribution in [0.3, 0.4) is 0 Å². The van der Waals surface area contributed by atoms with E-state index in [4.69, 9.17) is 0 Å². The SMILES string of the molecule is N#Cc1ccccc1N1CCN(CC(=O)N2CCc3ccccc32)CC1. The van der Waals surface area contributed by atoms with Crippen LogP contribution in [0.1, 0.15) is 11.1 Å². The Morgan fingerprint density at radius 2 is 1.62 bits per heavy atom. The molecule has 1 amide bonds. The normalized spacial score (nSPS) is 17.0. The van der Waals surface area contributed by atoms with Crippen LogP contribution in [-0.4, -0.2) is 50.1 Å². The lowest BCUT2D eigenvalue weighted by Gasteiger charge is -2.36. The molecule has 0 bridgehead atoms. The second kappa shape index (κ2) is 7.19. The van der Waals surface area contributed by atoms with Gasteiger partial charge < -0.3 is 9.80 Å². The van der Waals surface area contributed by atoms with E-state index in [1.165, 1.54) is 5.56 Å². The Morgan fingerprint density at radius 3 is 2.38 bits per heavy atom. The monoisotopic (exact) mass is 346 g/mol. The van der Waals surface area contributed by atoms with Gasteiger partial charge in [-0.2, -0.15) is 5.26 Å². The molecule has 0 unspecified atom stereocenters. The van der Waals surface area contributed by atoms with Crippen LogP contribution >= 0.6 is 0 Å². The van der Waals surface area contributed by atoms with Crippen LogP contribution in [0.5, 0.6) is 0 Å². The first-order valence-electron chi connectivity index (χ1n) is 9.11. The fraction of sp³-hybridized carbons (Fsp3) is 0.333. The number of para-hydroxylation sites is 2. The molecular formula is C21H22N4O. The molecule has 5 nitrogen and oxygen atoms in total. The van der Waals surface area contributed by atoms with Crippen molar-refractivity contribution in [1.29, 1.82) is 5.26 Å². The van der Waals surface area contributed by atoms with Gasteiger partial charge in [0.15, 0.2) is 0 Å². The zero-order valence-corrected chi connectivity index (χ0v) is 14.8. The number of hydrogen-bond acceptors (Lipinski definition) is 4. The van der Waals surface area contributed by atoms with Crippen LogP contribution < -0.4 is 9.80 Å². The number of anilines is 2. The van der Waals surface area contributed by atoms with E-state index in [0.29, 0.717) is 12.1 Å². The zero-order valence-electron chi connectivity index (χ0n) is 14.8. The molecule has 0 aliphatic carbocycles. The molecule has 0 aromatic heterocycles. The molecule has 4 rings (SSSR count). The number of rotatable bonds is 3. The van der Waals surface area contributed by atoms with Crippen molar-refractivity contribution in [2.24, 2.45) is 0 Å². The van der Waals surface area contributed by atoms with Crippen molar-refractivity contribution in [1.82, 2.24) is 4.90 Å². The first-order chi connectivity index (χ1) is 12.8. The number of benzene rings is 2. The summed E-state index contributed by atoms with van der Waals surface area (Å²) in [6.45, 7) is 4.59. The second-order valence-corrected chi connectivity index (χ2v) is 6.82. The van der Waals surface area contributed by atoms with Gasteiger partial charge in [-0.25, -0.2) is 0 Å². The average Bonchev–Trinajstić information content (AvgIpc) is 3.13. The summed E-state index contributed by atoms with van der Waals surface area (Å²) in [5.41, 5.74) is 4.04. The first kappa shape index (κ1) is 16.6. The molecule has 0 saturated carbocycles. The number of piperazine rings is 1. The van der Waals surface area contributed by atoms with Gasteiger partial charge in [-0.3, -0.25) is 9.69 Å². The molecule has 0 atom stereocenters. The Balaban J connectivity index is 1.36. The molecule has 2 heterocycles. The third-order valence-corrected chi connectivity index (χ3v) is 5.28. The molecule has 0 N–H and O–H groups in total. The summed E-state index contributed by atoms with van der Waals surface area (Å²) in [5, 5.41) is 9.28. The molecular weight excluding hydrogens is 324 g/mol. The summed E-state index contributed by atoms with van der Waals surface area (Å²) >= 11 is 0. The van der Waals surface area contributed by atoms with Gasteiger partial charge in [0.1, 0.15) is 6.07 Å². The smallest absolute Gasteiger partial charge is 0.241 e. The lowest BCUT2D eigenvalue weighted by molar-refractivity contribution is -0.119. The molecule has 132 valence electrons. The van der Waals surface area contributed by atoms with Crippen LogP contribution in [0.25, 0.3) is 0 Å². The third-order valence-electron chi connectivity index (χ3n) is 5.28. The van der Waals surface area contributed by atoms with Crippen LogP contribution in [-0.2, 0) is 11.2 Å². The minimum atomic E-state index is 0.181. The molecule has 0 radical (unpaired) electrons. The van der Waals surface area contributed by atoms with Gasteiger partial charge >= 0.3 is 0 Å². The van der Waals surface area contributed by atoms with Crippen molar-refractivity contribution in [3.8, 4) is 6.07 Å². The highest BCUT2D eigenvalue weighted by Crippen LogP contribution is 2.27. The number of nitrogens with zero attached hydrogens (tertiary/aromatic N) is 4. The van der Waals surface area contributed by atoms with Crippen molar-refractivity contribution in [3.63, 3.8) is 0 Å². The minimum absolute atomic E-state index is 0.181. The van der Waals surface area contributed by atoms with Gasteiger partial charge in [0, 0.05) is 38.4 Å². The van der Waals surface area contributed by atoms with E-state index in [1.54, 1.807) is 0 Å². The molecule has 2 aromatic rings. The standard InChI is InChI=1S/C21H22N4O/c22-15-18-6-2-3-7-19(18)24-13-11-23(12-14-24)16-21(26)25-10-9-17-5-1-4-8-20(17)25/h1-8H,9-14,16H2. The Bertz CT molecular complexity index is 849. The predicted octanol–water partition coefficient (Wildman–Crippen LogP) is 2.27. The van der Waals surface area contributed by atoms with E-state index in [-0.39, 0.29) is 5.91 Å². The van der Waals surface area contributed by atoms with E-state index < -0.39 is 0 Å². The lowest BCUT2D eigenvalue weighted by atomic mass is 10.1. The summed E-state index contributed by atoms with van der Waals surface area (Å²) in [6.07, 6.45) is 0.945. The van der Waals surface area contributed by atoms with Crippen LogP contribution in [0, 0.1) is 11.3 Å². The number of nitriles is 1. The van der Waals surface area contributed by atoms with Crippen molar-refractivity contribution in [3.05, 3.63) is 59.7 Å². The largest absolute Gasteiger partial charge is 0.368 e. The summed E-state index contributed by atoms with van der Waals surface area (Å²) in [7, 11) is 0. The number of fused-ring (bicyclic) bond motifs is 1. The highest BCUT2D eigenvalue weighted by molar-refractivity contribution is 5.96. The maximum Gasteiger partial charge on any atom is 0.241 e. The van der Waals surface area contributed by atoms with Crippen molar-refractivity contribution in [2.75, 3.05) is 49.1 Å². The molecule has 26 heavy (non-hydrogen) atoms. The number of carbonyl (C=O) groups is 1. The molecule has 0 spiro atoms. The first-order valence-corrected chi connectivity index (χ1v) is 9.11. The maximum atomic E-state index is 12.8. The van der Waals surface area contributed by atoms with Crippen molar-refractivity contribution < 1.29 is 4.79 Å². The number of hydrogen-bond donors (Lipinski definition) is 0. The Morgan fingerprint density at radius 1 is 0.923 bits per heavy atom. The molecule has 2 aliphatic rings. The highest BCUT2D eigenvalue weighted by Gasteiger charge is 2.27. The molecule has 1 saturated heterocycles. The minimum Gasteiger partial charge on any atom is -0.368 e. The van der Waals surface area contributed by atoms with Gasteiger partial charge in [-0.1, -0.05) is 30.3 Å². The highest BCUT2D eigenvalue weighted by atomic mass is 16.2. The fourth-order valence-electron chi connectivity index (χ4n) is 3.86. The van der Waals surface area contributed by atoms with Gasteiger partial charge in [0.2, 0.25) is 5.91 Å². The van der Waals surface area contributed by atoms with Gasteiger partial charge in [0.25, 0.3) is 0 Å². The quantitative estimate of drug-likeness (QED) is 0.855. The van der Waals surface area contributed by atoms with Crippen molar-refractivity contribution in [2.45, 2.75) is 6.42 Å². The van der Waals surface area contributed by atoms with E-state index in [9.17, 15) is 10.1 Å². The van der Waals surface area contributed by atoms with Gasteiger partial charge in [-0.05, 0) is 30.2 Å². The zero-order chi connectivity index (χ0) is 17.9. The summed E-state index contributed by atoms with van der Waals surface area (Å²) < 4.78 is 0. The third kappa shape index (κ3) is 3.16. The van der Waals surface area contributed by atoms with Crippen LogP contribution in [0.4, 0.5) is 11.4 Å². The summed E-state index contributed by atoms with van der Waals surface area (Å²) in [4.78, 5) is 19.1. The fourth-order valence-corrected chi connectivity index (χ4v) is 3.86. The molecule has 1 fully saturated rings. The van der Waals surface area contributed by atoms with Crippen LogP contribution in [0.15, 0.2) is 48.5 Å². The topological polar surface area (TPSA) is 50.6 Å². The molecule has 2 aromatic carbocycles. The van der Waals surface area contributed by atoms with Gasteiger partial charge in [-0.15, -0.1) is 0 Å². The lowest BCUT2D eigenvalue weighted by Crippen LogP contribution is -2.50. The predicted molar refractivity (Wildman–Crippen MR) is 102 cm³/mol. The maximum absolute atomic E-state index is 12.8. The van der Waals surface area contributed by atoms with Crippen molar-refractivity contribution >= 4 is 17.3 Å².